The molecule has 0 unspecified atom stereocenters. The molecule has 288 valence electrons. The van der Waals surface area contributed by atoms with E-state index in [0.717, 1.165) is 101 Å². The highest BCUT2D eigenvalue weighted by Gasteiger charge is 2.20. The van der Waals surface area contributed by atoms with Crippen LogP contribution >= 0.6 is 0 Å². The molecule has 0 N–H and O–H groups in total. The van der Waals surface area contributed by atoms with Gasteiger partial charge in [0.1, 0.15) is 22.3 Å². The number of furan rings is 2. The molecule has 0 aliphatic heterocycles. The molecule has 9 aromatic carbocycles. The minimum Gasteiger partial charge on any atom is -0.455 e. The number of hydrogen-bond donors (Lipinski definition) is 0. The number of nitrogens with zero attached hydrogens (tertiary/aromatic N) is 1. The van der Waals surface area contributed by atoms with Gasteiger partial charge in [0, 0.05) is 55.1 Å². The zero-order chi connectivity index (χ0) is 40.3. The Balaban J connectivity index is 0.930. The smallest absolute Gasteiger partial charge is 0.143 e. The quantitative estimate of drug-likeness (QED) is 0.161. The molecule has 0 bridgehead atoms. The summed E-state index contributed by atoms with van der Waals surface area (Å²) in [7, 11) is 0. The molecule has 2 aromatic heterocycles. The van der Waals surface area contributed by atoms with Gasteiger partial charge in [-0.05, 0) is 100 Å². The first-order chi connectivity index (χ1) is 30.2. The second kappa shape index (κ2) is 14.4. The van der Waals surface area contributed by atoms with Gasteiger partial charge in [0.15, 0.2) is 0 Å². The van der Waals surface area contributed by atoms with Crippen molar-refractivity contribution in [2.75, 3.05) is 4.90 Å². The first kappa shape index (κ1) is 35.1. The molecule has 0 saturated carbocycles. The van der Waals surface area contributed by atoms with Crippen LogP contribution in [0.5, 0.6) is 0 Å². The van der Waals surface area contributed by atoms with Gasteiger partial charge in [0.2, 0.25) is 0 Å². The first-order valence-electron chi connectivity index (χ1n) is 21.0. The number of anilines is 3. The van der Waals surface area contributed by atoms with Gasteiger partial charge in [-0.25, -0.2) is 0 Å². The van der Waals surface area contributed by atoms with Gasteiger partial charge in [-0.1, -0.05) is 164 Å². The lowest BCUT2D eigenvalue weighted by Crippen LogP contribution is -2.09. The van der Waals surface area contributed by atoms with Gasteiger partial charge in [0.05, 0.1) is 0 Å². The number of benzene rings is 9. The van der Waals surface area contributed by atoms with Gasteiger partial charge < -0.3 is 13.7 Å². The fourth-order valence-electron chi connectivity index (χ4n) is 9.43. The Hall–Kier alpha value is -7.88. The Morgan fingerprint density at radius 1 is 0.361 bits per heavy atom. The minimum absolute atomic E-state index is 0.906. The average Bonchev–Trinajstić information content (AvgIpc) is 3.92. The maximum Gasteiger partial charge on any atom is 0.143 e. The summed E-state index contributed by atoms with van der Waals surface area (Å²) in [5, 5.41) is 6.81. The zero-order valence-corrected chi connectivity index (χ0v) is 33.4. The third-order valence-electron chi connectivity index (χ3n) is 12.4. The van der Waals surface area contributed by atoms with Crippen molar-refractivity contribution in [3.63, 3.8) is 0 Å². The lowest BCUT2D eigenvalue weighted by Gasteiger charge is -2.26. The van der Waals surface area contributed by atoms with E-state index in [-0.39, 0.29) is 0 Å². The van der Waals surface area contributed by atoms with Crippen molar-refractivity contribution in [1.82, 2.24) is 0 Å². The van der Waals surface area contributed by atoms with Crippen LogP contribution in [-0.4, -0.2) is 0 Å². The molecule has 3 heteroatoms. The van der Waals surface area contributed by atoms with Crippen molar-refractivity contribution in [3.05, 3.63) is 223 Å². The Morgan fingerprint density at radius 3 is 1.64 bits per heavy atom. The third-order valence-corrected chi connectivity index (χ3v) is 12.4. The molecule has 11 aromatic rings. The maximum atomic E-state index is 6.92. The number of allylic oxidation sites excluding steroid dienone is 4. The summed E-state index contributed by atoms with van der Waals surface area (Å²) < 4.78 is 13.3. The molecular weight excluding hydrogens is 743 g/mol. The maximum absolute atomic E-state index is 6.92. The second-order valence-corrected chi connectivity index (χ2v) is 15.9. The Bertz CT molecular complexity index is 3500. The number of rotatable bonds is 7. The Labute approximate surface area is 353 Å². The highest BCUT2D eigenvalue weighted by Crippen LogP contribution is 2.44. The van der Waals surface area contributed by atoms with Gasteiger partial charge in [0.25, 0.3) is 0 Å². The fraction of sp³-hybridized carbons (Fsp3) is 0.0345. The fourth-order valence-corrected chi connectivity index (χ4v) is 9.43. The molecule has 0 amide bonds. The van der Waals surface area contributed by atoms with Crippen LogP contribution in [0.25, 0.3) is 88.0 Å². The molecule has 3 nitrogen and oxygen atoms in total. The second-order valence-electron chi connectivity index (χ2n) is 15.9. The predicted molar refractivity (Wildman–Crippen MR) is 256 cm³/mol. The van der Waals surface area contributed by atoms with E-state index in [1.54, 1.807) is 0 Å². The molecule has 2 heterocycles. The number of para-hydroxylation sites is 4. The van der Waals surface area contributed by atoms with Crippen LogP contribution < -0.4 is 4.90 Å². The van der Waals surface area contributed by atoms with Crippen LogP contribution in [-0.2, 0) is 0 Å². The molecule has 1 aliphatic carbocycles. The molecule has 0 saturated heterocycles. The third kappa shape index (κ3) is 5.97. The van der Waals surface area contributed by atoms with E-state index < -0.39 is 0 Å². The summed E-state index contributed by atoms with van der Waals surface area (Å²) in [5.41, 5.74) is 16.5. The van der Waals surface area contributed by atoms with Crippen molar-refractivity contribution in [2.45, 2.75) is 12.8 Å². The van der Waals surface area contributed by atoms with E-state index in [4.69, 9.17) is 8.83 Å². The normalized spacial score (nSPS) is 13.0. The van der Waals surface area contributed by atoms with Gasteiger partial charge in [-0.3, -0.25) is 0 Å². The SMILES string of the molecule is C1=C(c2ccccc2)CCC=C1c1cccc2c1oc1c3ccccc3c(-c3ccc(N(c4ccccc4)c4ccc(-c5cccc6c5oc5ccccc56)cc4)cc3)cc21. The molecule has 12 rings (SSSR count). The summed E-state index contributed by atoms with van der Waals surface area (Å²) in [6.07, 6.45) is 6.74. The first-order valence-corrected chi connectivity index (χ1v) is 21.0. The van der Waals surface area contributed by atoms with Crippen molar-refractivity contribution in [2.24, 2.45) is 0 Å². The molecule has 1 aliphatic rings. The molecule has 0 atom stereocenters. The van der Waals surface area contributed by atoms with Crippen molar-refractivity contribution < 1.29 is 8.83 Å². The summed E-state index contributed by atoms with van der Waals surface area (Å²) >= 11 is 0. The highest BCUT2D eigenvalue weighted by atomic mass is 16.3. The van der Waals surface area contributed by atoms with Crippen LogP contribution in [0.2, 0.25) is 0 Å². The van der Waals surface area contributed by atoms with Crippen LogP contribution in [0.4, 0.5) is 17.1 Å². The van der Waals surface area contributed by atoms with E-state index in [2.05, 4.69) is 205 Å². The molecule has 0 fully saturated rings. The summed E-state index contributed by atoms with van der Waals surface area (Å²) in [6.45, 7) is 0. The van der Waals surface area contributed by atoms with Crippen molar-refractivity contribution in [1.29, 1.82) is 0 Å². The Morgan fingerprint density at radius 2 is 0.902 bits per heavy atom. The van der Waals surface area contributed by atoms with E-state index >= 15 is 0 Å². The topological polar surface area (TPSA) is 29.5 Å². The summed E-state index contributed by atoms with van der Waals surface area (Å²) in [6, 6.07) is 71.3. The van der Waals surface area contributed by atoms with E-state index in [1.165, 1.54) is 27.7 Å². The van der Waals surface area contributed by atoms with Gasteiger partial charge >= 0.3 is 0 Å². The lowest BCUT2D eigenvalue weighted by molar-refractivity contribution is 0.670. The van der Waals surface area contributed by atoms with Crippen molar-refractivity contribution >= 4 is 82.9 Å². The number of fused-ring (bicyclic) bond motifs is 8. The lowest BCUT2D eigenvalue weighted by atomic mass is 9.90. The van der Waals surface area contributed by atoms with E-state index in [1.807, 2.05) is 12.1 Å². The van der Waals surface area contributed by atoms with Gasteiger partial charge in [-0.2, -0.15) is 0 Å². The highest BCUT2D eigenvalue weighted by molar-refractivity contribution is 6.20. The predicted octanol–water partition coefficient (Wildman–Crippen LogP) is 16.7. The van der Waals surface area contributed by atoms with Crippen LogP contribution in [0.3, 0.4) is 0 Å². The van der Waals surface area contributed by atoms with Crippen LogP contribution in [0, 0.1) is 0 Å². The minimum atomic E-state index is 0.906. The molecule has 0 radical (unpaired) electrons. The van der Waals surface area contributed by atoms with Crippen LogP contribution in [0.1, 0.15) is 24.0 Å². The summed E-state index contributed by atoms with van der Waals surface area (Å²) in [4.78, 5) is 2.32. The molecule has 0 spiro atoms. The molecular formula is C58H39NO2. The monoisotopic (exact) mass is 781 g/mol. The largest absolute Gasteiger partial charge is 0.455 e. The van der Waals surface area contributed by atoms with E-state index in [0.29, 0.717) is 0 Å². The van der Waals surface area contributed by atoms with Gasteiger partial charge in [-0.15, -0.1) is 0 Å². The van der Waals surface area contributed by atoms with Crippen molar-refractivity contribution in [3.8, 4) is 22.3 Å². The standard InChI is InChI=1S/C58H39NO2/c1-3-14-38(15-4-1)41-16-11-17-42(36-41)47-24-13-26-52-54-37-53(48-20-7-8-22-50(48)58(54)61-57(47)52)40-30-34-45(35-31-40)59(43-18-5-2-6-19-43)44-32-28-39(29-33-44)46-23-12-25-51-49-21-9-10-27-55(49)60-56(46)51/h1-10,12-15,17-37H,11,16H2. The average molecular weight is 782 g/mol. The van der Waals surface area contributed by atoms with Crippen LogP contribution in [0.15, 0.2) is 221 Å². The number of hydrogen-bond acceptors (Lipinski definition) is 3. The summed E-state index contributed by atoms with van der Waals surface area (Å²) in [5.74, 6) is 0. The molecule has 61 heavy (non-hydrogen) atoms. The zero-order valence-electron chi connectivity index (χ0n) is 33.4. The van der Waals surface area contributed by atoms with E-state index in [9.17, 15) is 0 Å². The Kier molecular flexibility index (Phi) is 8.31.